The number of hydrogen-bond donors (Lipinski definition) is 2. The fourth-order valence-electron chi connectivity index (χ4n) is 4.45. The Morgan fingerprint density at radius 3 is 2.77 bits per heavy atom. The van der Waals surface area contributed by atoms with Gasteiger partial charge in [0.1, 0.15) is 0 Å². The number of rotatable bonds is 10. The fraction of sp³-hybridized carbons (Fsp3) is 0.276. The summed E-state index contributed by atoms with van der Waals surface area (Å²) >= 11 is 0. The van der Waals surface area contributed by atoms with Crippen molar-refractivity contribution in [2.45, 2.75) is 36.9 Å². The minimum Gasteiger partial charge on any atom is -0.374 e. The number of fused-ring (bicyclic) bond motifs is 1. The molecule has 10 heteroatoms. The van der Waals surface area contributed by atoms with E-state index in [9.17, 15) is 13.2 Å². The van der Waals surface area contributed by atoms with Crippen LogP contribution in [0.15, 0.2) is 84.0 Å². The van der Waals surface area contributed by atoms with Crippen molar-refractivity contribution in [3.8, 4) is 0 Å². The maximum absolute atomic E-state index is 13.1. The number of carbonyl (C=O) groups is 1. The number of H-pyrrole nitrogens is 1. The molecule has 1 amide bonds. The molecule has 2 aromatic heterocycles. The van der Waals surface area contributed by atoms with E-state index in [1.54, 1.807) is 18.2 Å². The fourth-order valence-corrected chi connectivity index (χ4v) is 5.66. The first-order valence-corrected chi connectivity index (χ1v) is 14.4. The summed E-state index contributed by atoms with van der Waals surface area (Å²) in [5.41, 5.74) is 6.11. The normalized spacial score (nSPS) is 16.1. The van der Waals surface area contributed by atoms with Gasteiger partial charge in [0.15, 0.2) is 6.29 Å². The molecule has 1 fully saturated rings. The molecule has 0 bridgehead atoms. The Morgan fingerprint density at radius 2 is 2.00 bits per heavy atom. The van der Waals surface area contributed by atoms with Crippen LogP contribution in [0.5, 0.6) is 0 Å². The van der Waals surface area contributed by atoms with E-state index < -0.39 is 22.2 Å². The average molecular weight is 549 g/mol. The van der Waals surface area contributed by atoms with Crippen molar-refractivity contribution in [1.29, 1.82) is 0 Å². The number of para-hydroxylation sites is 1. The Kier molecular flexibility index (Phi) is 8.16. The van der Waals surface area contributed by atoms with E-state index in [0.29, 0.717) is 12.2 Å². The highest BCUT2D eigenvalue weighted by Gasteiger charge is 2.18. The molecule has 9 nitrogen and oxygen atoms in total. The van der Waals surface area contributed by atoms with Gasteiger partial charge in [-0.2, -0.15) is 0 Å². The Morgan fingerprint density at radius 1 is 1.18 bits per heavy atom. The van der Waals surface area contributed by atoms with Crippen molar-refractivity contribution < 1.29 is 22.8 Å². The van der Waals surface area contributed by atoms with Crippen molar-refractivity contribution in [2.24, 2.45) is 0 Å². The van der Waals surface area contributed by atoms with Gasteiger partial charge in [0.2, 0.25) is 0 Å². The molecule has 0 saturated carbocycles. The number of nitrogens with zero attached hydrogens (tertiary/aromatic N) is 2. The van der Waals surface area contributed by atoms with Gasteiger partial charge < -0.3 is 14.6 Å². The molecule has 2 aromatic carbocycles. The van der Waals surface area contributed by atoms with Gasteiger partial charge in [0.25, 0.3) is 15.9 Å². The van der Waals surface area contributed by atoms with Crippen LogP contribution in [-0.4, -0.2) is 49.8 Å². The summed E-state index contributed by atoms with van der Waals surface area (Å²) in [5.74, 6) is -0.455. The second kappa shape index (κ2) is 11.9. The number of anilines is 1. The third kappa shape index (κ3) is 6.59. The lowest BCUT2D eigenvalue weighted by molar-refractivity contribution is -0.198. The summed E-state index contributed by atoms with van der Waals surface area (Å²) in [5, 5.41) is 1.19. The minimum atomic E-state index is -3.78. The number of nitrogens with one attached hydrogen (secondary N) is 2. The molecule has 1 unspecified atom stereocenters. The molecule has 39 heavy (non-hydrogen) atoms. The molecule has 4 aromatic rings. The molecule has 204 valence electrons. The number of carbonyl (C=O) groups excluding carboxylic acids is 1. The predicted molar refractivity (Wildman–Crippen MR) is 151 cm³/mol. The van der Waals surface area contributed by atoms with Gasteiger partial charge in [-0.15, -0.1) is 0 Å². The van der Waals surface area contributed by atoms with Gasteiger partial charge in [0.05, 0.1) is 4.90 Å². The van der Waals surface area contributed by atoms with Crippen LogP contribution in [0.4, 0.5) is 5.69 Å². The van der Waals surface area contributed by atoms with Crippen molar-refractivity contribution >= 4 is 38.6 Å². The van der Waals surface area contributed by atoms with Gasteiger partial charge >= 0.3 is 0 Å². The van der Waals surface area contributed by atoms with Crippen LogP contribution in [0.3, 0.4) is 0 Å². The maximum atomic E-state index is 13.1. The number of hydroxylamine groups is 1. The summed E-state index contributed by atoms with van der Waals surface area (Å²) in [7, 11) is -1.79. The summed E-state index contributed by atoms with van der Waals surface area (Å²) in [6.45, 7) is 1.39. The Balaban J connectivity index is 1.16. The SMILES string of the molecule is CN(CCc1cc2ccccc2[nH]1)c1ccc(S(=O)(=O)n2ccc(/C=C/C(=O)NOC3CCCCO3)c2)cc1. The van der Waals surface area contributed by atoms with E-state index in [1.807, 2.05) is 31.3 Å². The van der Waals surface area contributed by atoms with E-state index in [-0.39, 0.29) is 4.90 Å². The largest absolute Gasteiger partial charge is 0.374 e. The van der Waals surface area contributed by atoms with Crippen molar-refractivity contribution in [3.63, 3.8) is 0 Å². The first kappa shape index (κ1) is 26.7. The average Bonchev–Trinajstić information content (AvgIpc) is 3.62. The monoisotopic (exact) mass is 548 g/mol. The quantitative estimate of drug-likeness (QED) is 0.224. The number of aromatic nitrogens is 2. The summed E-state index contributed by atoms with van der Waals surface area (Å²) in [6.07, 6.45) is 8.84. The summed E-state index contributed by atoms with van der Waals surface area (Å²) < 4.78 is 32.8. The Bertz CT molecular complexity index is 1520. The number of aromatic amines is 1. The lowest BCUT2D eigenvalue weighted by atomic mass is 10.2. The van der Waals surface area contributed by atoms with Gasteiger partial charge in [-0.05, 0) is 72.3 Å². The lowest BCUT2D eigenvalue weighted by Gasteiger charge is -2.21. The lowest BCUT2D eigenvalue weighted by Crippen LogP contribution is -2.32. The second-order valence-electron chi connectivity index (χ2n) is 9.54. The molecule has 0 spiro atoms. The Labute approximate surface area is 228 Å². The van der Waals surface area contributed by atoms with Crippen molar-refractivity contribution in [2.75, 3.05) is 25.1 Å². The predicted octanol–water partition coefficient (Wildman–Crippen LogP) is 4.47. The van der Waals surface area contributed by atoms with Crippen LogP contribution >= 0.6 is 0 Å². The molecular weight excluding hydrogens is 516 g/mol. The van der Waals surface area contributed by atoms with E-state index >= 15 is 0 Å². The number of likely N-dealkylation sites (N-methyl/N-ethyl adjacent to an activating group) is 1. The molecule has 3 heterocycles. The number of amides is 1. The molecule has 1 atom stereocenters. The third-order valence-electron chi connectivity index (χ3n) is 6.70. The van der Waals surface area contributed by atoms with Crippen LogP contribution in [-0.2, 0) is 30.8 Å². The Hall–Kier alpha value is -3.86. The maximum Gasteiger partial charge on any atom is 0.267 e. The molecule has 0 aliphatic carbocycles. The van der Waals surface area contributed by atoms with E-state index in [1.165, 1.54) is 29.9 Å². The van der Waals surface area contributed by atoms with Crippen molar-refractivity contribution in [3.05, 3.63) is 90.4 Å². The smallest absolute Gasteiger partial charge is 0.267 e. The van der Waals surface area contributed by atoms with Crippen LogP contribution in [0.1, 0.15) is 30.5 Å². The van der Waals surface area contributed by atoms with Crippen LogP contribution < -0.4 is 10.4 Å². The molecular formula is C29H32N4O5S. The standard InChI is InChI=1S/C29H32N4O5S/c1-32(17-16-24-20-23-6-2-3-7-27(23)30-24)25-10-12-26(13-11-25)39(35,36)33-18-15-22(21-33)9-14-28(34)31-38-29-8-4-5-19-37-29/h2-3,6-7,9-15,18,20-21,29-30H,4-5,8,16-17,19H2,1H3,(H,31,34)/b14-9+. The zero-order chi connectivity index (χ0) is 27.2. The van der Waals surface area contributed by atoms with Crippen molar-refractivity contribution in [1.82, 2.24) is 14.4 Å². The molecule has 1 aliphatic heterocycles. The molecule has 0 radical (unpaired) electrons. The summed E-state index contributed by atoms with van der Waals surface area (Å²) in [6, 6.07) is 18.8. The van der Waals surface area contributed by atoms with Gasteiger partial charge in [-0.3, -0.25) is 4.79 Å². The minimum absolute atomic E-state index is 0.181. The van der Waals surface area contributed by atoms with E-state index in [4.69, 9.17) is 9.57 Å². The molecule has 5 rings (SSSR count). The highest BCUT2D eigenvalue weighted by Crippen LogP contribution is 2.21. The van der Waals surface area contributed by atoms with E-state index in [0.717, 1.165) is 53.1 Å². The zero-order valence-electron chi connectivity index (χ0n) is 21.7. The molecule has 1 aliphatic rings. The third-order valence-corrected chi connectivity index (χ3v) is 8.35. The molecule has 2 N–H and O–H groups in total. The highest BCUT2D eigenvalue weighted by molar-refractivity contribution is 7.90. The van der Waals surface area contributed by atoms with Crippen LogP contribution in [0.2, 0.25) is 0 Å². The van der Waals surface area contributed by atoms with Crippen LogP contribution in [0.25, 0.3) is 17.0 Å². The second-order valence-corrected chi connectivity index (χ2v) is 11.4. The first-order chi connectivity index (χ1) is 18.9. The zero-order valence-corrected chi connectivity index (χ0v) is 22.6. The van der Waals surface area contributed by atoms with Gasteiger partial charge in [0, 0.05) is 68.4 Å². The summed E-state index contributed by atoms with van der Waals surface area (Å²) in [4.78, 5) is 23.0. The van der Waals surface area contributed by atoms with Gasteiger partial charge in [-0.25, -0.2) is 22.7 Å². The number of ether oxygens (including phenoxy) is 1. The first-order valence-electron chi connectivity index (χ1n) is 13.0. The number of hydrogen-bond acceptors (Lipinski definition) is 6. The highest BCUT2D eigenvalue weighted by atomic mass is 32.2. The number of benzene rings is 2. The van der Waals surface area contributed by atoms with Gasteiger partial charge in [-0.1, -0.05) is 18.2 Å². The van der Waals surface area contributed by atoms with Crippen LogP contribution in [0, 0.1) is 0 Å². The van der Waals surface area contributed by atoms with E-state index in [2.05, 4.69) is 33.6 Å². The molecule has 1 saturated heterocycles. The topological polar surface area (TPSA) is 106 Å².